The van der Waals surface area contributed by atoms with Crippen molar-refractivity contribution in [2.45, 2.75) is 141 Å². The highest BCUT2D eigenvalue weighted by molar-refractivity contribution is 7.91. The number of pyridine rings is 1. The Balaban J connectivity index is 1.16. The average Bonchev–Trinajstić information content (AvgIpc) is 4.07. The van der Waals surface area contributed by atoms with Crippen LogP contribution in [0.4, 0.5) is 0 Å². The molecule has 2 spiro atoms. The van der Waals surface area contributed by atoms with E-state index >= 15 is 4.79 Å². The monoisotopic (exact) mass is 778 g/mol. The number of hydrogen-bond donors (Lipinski definition) is 4. The third kappa shape index (κ3) is 6.57. The molecule has 6 fully saturated rings. The molecule has 55 heavy (non-hydrogen) atoms. The summed E-state index contributed by atoms with van der Waals surface area (Å²) in [5.41, 5.74) is -2.59. The van der Waals surface area contributed by atoms with Gasteiger partial charge in [0.2, 0.25) is 27.7 Å². The molecule has 5 saturated carbocycles. The highest BCUT2D eigenvalue weighted by atomic mass is 32.2. The van der Waals surface area contributed by atoms with Gasteiger partial charge in [0, 0.05) is 24.1 Å². The smallest absolute Gasteiger partial charge is 0.270 e. The van der Waals surface area contributed by atoms with E-state index in [1.807, 2.05) is 20.8 Å². The molecule has 1 aliphatic heterocycles. The van der Waals surface area contributed by atoms with Gasteiger partial charge >= 0.3 is 0 Å². The summed E-state index contributed by atoms with van der Waals surface area (Å²) >= 11 is 0. The van der Waals surface area contributed by atoms with Crippen LogP contribution in [0.25, 0.3) is 0 Å². The highest BCUT2D eigenvalue weighted by Crippen LogP contribution is 2.88. The van der Waals surface area contributed by atoms with Gasteiger partial charge in [-0.25, -0.2) is 8.42 Å². The van der Waals surface area contributed by atoms with Crippen molar-refractivity contribution in [3.05, 3.63) is 42.7 Å². The second-order valence-electron chi connectivity index (χ2n) is 18.9. The van der Waals surface area contributed by atoms with E-state index in [4.69, 9.17) is 0 Å². The number of carbonyl (C=O) groups excluding carboxylic acids is 5. The molecule has 13 nitrogen and oxygen atoms in total. The van der Waals surface area contributed by atoms with Crippen LogP contribution in [-0.2, 0) is 29.2 Å². The summed E-state index contributed by atoms with van der Waals surface area (Å²) < 4.78 is 27.8. The predicted octanol–water partition coefficient (Wildman–Crippen LogP) is 3.76. The Morgan fingerprint density at radius 1 is 0.945 bits per heavy atom. The third-order valence-electron chi connectivity index (χ3n) is 14.6. The van der Waals surface area contributed by atoms with Crippen LogP contribution in [0, 0.1) is 33.5 Å². The zero-order valence-electron chi connectivity index (χ0n) is 32.9. The fourth-order valence-corrected chi connectivity index (χ4v) is 12.1. The van der Waals surface area contributed by atoms with Crippen molar-refractivity contribution in [1.29, 1.82) is 0 Å². The number of nitrogens with one attached hydrogen (secondary N) is 4. The van der Waals surface area contributed by atoms with Crippen molar-refractivity contribution in [1.82, 2.24) is 30.6 Å². The normalized spacial score (nSPS) is 30.4. The first-order chi connectivity index (χ1) is 25.8. The number of carbonyl (C=O) groups is 5. The van der Waals surface area contributed by atoms with Crippen LogP contribution in [0.15, 0.2) is 37.1 Å². The molecule has 0 bridgehead atoms. The second-order valence-corrected chi connectivity index (χ2v) is 20.8. The molecule has 6 aliphatic rings. The van der Waals surface area contributed by atoms with E-state index in [2.05, 4.69) is 46.1 Å². The fourth-order valence-electron chi connectivity index (χ4n) is 10.7. The van der Waals surface area contributed by atoms with Gasteiger partial charge in [-0.1, -0.05) is 72.4 Å². The molecule has 5 aliphatic carbocycles. The third-order valence-corrected chi connectivity index (χ3v) is 16.5. The zero-order valence-corrected chi connectivity index (χ0v) is 33.7. The minimum atomic E-state index is -3.87. The van der Waals surface area contributed by atoms with Crippen LogP contribution in [0.2, 0.25) is 0 Å². The Kier molecular flexibility index (Phi) is 9.81. The van der Waals surface area contributed by atoms with E-state index in [9.17, 15) is 27.6 Å². The number of amides is 5. The van der Waals surface area contributed by atoms with Gasteiger partial charge in [0.05, 0.1) is 5.25 Å². The van der Waals surface area contributed by atoms with E-state index in [1.54, 1.807) is 29.2 Å². The maximum Gasteiger partial charge on any atom is 0.270 e. The quantitative estimate of drug-likeness (QED) is 0.231. The Hall–Kier alpha value is -3.81. The number of rotatable bonds is 12. The van der Waals surface area contributed by atoms with Crippen molar-refractivity contribution < 1.29 is 32.4 Å². The van der Waals surface area contributed by atoms with E-state index < -0.39 is 79.8 Å². The van der Waals surface area contributed by atoms with Crippen molar-refractivity contribution in [2.75, 3.05) is 6.54 Å². The first-order valence-electron chi connectivity index (χ1n) is 20.2. The van der Waals surface area contributed by atoms with Crippen LogP contribution in [0.1, 0.15) is 122 Å². The van der Waals surface area contributed by atoms with Crippen LogP contribution in [0.3, 0.4) is 0 Å². The molecule has 1 saturated heterocycles. The number of hydrogen-bond acceptors (Lipinski definition) is 8. The Bertz CT molecular complexity index is 1860. The van der Waals surface area contributed by atoms with Crippen LogP contribution in [0.5, 0.6) is 0 Å². The SMILES string of the molecule is C=C[C@@H]1C[C@]1(NC(=O)[C@@H]1C[C@@]2(CN1C(=O)[C@@H](NC(=O)[C@@H](NC(=O)c1ccccn1)C1CCCCC1)C(C)(C)C)C(C)(C)C21CCC1)C(=O)NS(=O)(=O)C1CC1. The summed E-state index contributed by atoms with van der Waals surface area (Å²) in [5, 5.41) is 8.32. The number of aromatic nitrogens is 1. The highest BCUT2D eigenvalue weighted by Gasteiger charge is 2.85. The number of sulfonamides is 1. The van der Waals surface area contributed by atoms with Crippen molar-refractivity contribution in [2.24, 2.45) is 33.5 Å². The Morgan fingerprint density at radius 3 is 2.16 bits per heavy atom. The lowest BCUT2D eigenvalue weighted by molar-refractivity contribution is -0.145. The lowest BCUT2D eigenvalue weighted by Crippen LogP contribution is -2.62. The molecule has 300 valence electrons. The average molecular weight is 779 g/mol. The second kappa shape index (κ2) is 13.7. The number of nitrogens with zero attached hydrogens (tertiary/aromatic N) is 2. The summed E-state index contributed by atoms with van der Waals surface area (Å²) in [5.74, 6) is -3.23. The largest absolute Gasteiger partial charge is 0.342 e. The lowest BCUT2D eigenvalue weighted by Gasteiger charge is -2.38. The molecule has 5 amide bonds. The van der Waals surface area contributed by atoms with Crippen molar-refractivity contribution in [3.8, 4) is 0 Å². The van der Waals surface area contributed by atoms with Gasteiger partial charge in [0.15, 0.2) is 0 Å². The summed E-state index contributed by atoms with van der Waals surface area (Å²) in [6, 6.07) is 2.11. The molecule has 6 atom stereocenters. The minimum Gasteiger partial charge on any atom is -0.342 e. The molecular weight excluding hydrogens is 721 g/mol. The molecule has 7 rings (SSSR count). The van der Waals surface area contributed by atoms with Crippen LogP contribution >= 0.6 is 0 Å². The van der Waals surface area contributed by atoms with E-state index in [0.29, 0.717) is 25.8 Å². The molecule has 1 aromatic rings. The molecule has 0 aromatic carbocycles. The van der Waals surface area contributed by atoms with Gasteiger partial charge in [-0.2, -0.15) is 0 Å². The molecule has 0 unspecified atom stereocenters. The van der Waals surface area contributed by atoms with Gasteiger partial charge in [0.25, 0.3) is 11.8 Å². The van der Waals surface area contributed by atoms with Crippen LogP contribution in [-0.4, -0.2) is 83.3 Å². The molecule has 2 heterocycles. The molecule has 4 N–H and O–H groups in total. The Labute approximate surface area is 325 Å². The van der Waals surface area contributed by atoms with E-state index in [0.717, 1.165) is 51.4 Å². The molecule has 14 heteroatoms. The number of likely N-dealkylation sites (tertiary alicyclic amines) is 1. The summed E-state index contributed by atoms with van der Waals surface area (Å²) in [6.45, 7) is 14.2. The van der Waals surface area contributed by atoms with Gasteiger partial charge in [-0.05, 0) is 85.7 Å². The van der Waals surface area contributed by atoms with Crippen molar-refractivity contribution >= 4 is 39.6 Å². The van der Waals surface area contributed by atoms with Gasteiger partial charge in [-0.3, -0.25) is 33.7 Å². The summed E-state index contributed by atoms with van der Waals surface area (Å²) in [4.78, 5) is 76.9. The summed E-state index contributed by atoms with van der Waals surface area (Å²) in [6.07, 6.45) is 12.1. The zero-order chi connectivity index (χ0) is 39.8. The minimum absolute atomic E-state index is 0.0213. The maximum atomic E-state index is 15.1. The number of fused-ring (bicyclic) bond motifs is 1. The van der Waals surface area contributed by atoms with Crippen LogP contribution < -0.4 is 20.7 Å². The van der Waals surface area contributed by atoms with Gasteiger partial charge < -0.3 is 20.9 Å². The van der Waals surface area contributed by atoms with E-state index in [1.165, 1.54) is 6.20 Å². The standard InChI is InChI=1S/C41H58N6O7S/c1-7-26-22-41(26,36(52)46-55(53,54)27-17-18-27)45-33(49)29-23-40(38(5,6)39(40)19-13-20-39)24-47(29)35(51)31(37(2,3)4)44-34(50)30(25-14-9-8-10-15-25)43-32(48)28-16-11-12-21-42-28/h7,11-12,16,21,25-27,29-31H,1,8-10,13-15,17-20,22-24H2,2-6H3,(H,43,48)(H,44,50)(H,45,49)(H,46,52)/t26-,29+,30+,31-,40-,41-/m1/s1. The molecule has 1 aromatic heterocycles. The summed E-state index contributed by atoms with van der Waals surface area (Å²) in [7, 11) is -3.87. The lowest BCUT2D eigenvalue weighted by atomic mass is 9.73. The first-order valence-corrected chi connectivity index (χ1v) is 21.7. The molecule has 0 radical (unpaired) electrons. The van der Waals surface area contributed by atoms with Gasteiger partial charge in [-0.15, -0.1) is 6.58 Å². The topological polar surface area (TPSA) is 184 Å². The maximum absolute atomic E-state index is 15.1. The van der Waals surface area contributed by atoms with E-state index in [-0.39, 0.29) is 34.3 Å². The van der Waals surface area contributed by atoms with Crippen molar-refractivity contribution in [3.63, 3.8) is 0 Å². The van der Waals surface area contributed by atoms with Gasteiger partial charge in [0.1, 0.15) is 29.4 Å². The fraction of sp³-hybridized carbons (Fsp3) is 0.707. The Morgan fingerprint density at radius 2 is 1.64 bits per heavy atom. The molecular formula is C41H58N6O7S. The predicted molar refractivity (Wildman–Crippen MR) is 205 cm³/mol. The first kappa shape index (κ1) is 39.4.